The van der Waals surface area contributed by atoms with E-state index in [-0.39, 0.29) is 11.6 Å². The van der Waals surface area contributed by atoms with E-state index in [2.05, 4.69) is 17.3 Å². The third kappa shape index (κ3) is 3.27. The SMILES string of the molecule is COCCn1cc(NC(C)c2ccnn2C)ccc1=O. The summed E-state index contributed by atoms with van der Waals surface area (Å²) in [4.78, 5) is 11.7. The van der Waals surface area contributed by atoms with E-state index in [1.165, 1.54) is 0 Å². The minimum absolute atomic E-state index is 0.0270. The lowest BCUT2D eigenvalue weighted by Gasteiger charge is -2.16. The maximum atomic E-state index is 11.7. The van der Waals surface area contributed by atoms with Gasteiger partial charge in [0.25, 0.3) is 5.56 Å². The number of ether oxygens (including phenoxy) is 1. The van der Waals surface area contributed by atoms with Gasteiger partial charge in [0.05, 0.1) is 24.0 Å². The quantitative estimate of drug-likeness (QED) is 0.866. The fourth-order valence-electron chi connectivity index (χ4n) is 2.11. The Morgan fingerprint density at radius 1 is 1.40 bits per heavy atom. The summed E-state index contributed by atoms with van der Waals surface area (Å²) in [5.41, 5.74) is 1.95. The number of anilines is 1. The molecule has 0 saturated carbocycles. The molecule has 0 aliphatic heterocycles. The van der Waals surface area contributed by atoms with Gasteiger partial charge in [0.2, 0.25) is 0 Å². The van der Waals surface area contributed by atoms with Crippen molar-refractivity contribution >= 4 is 5.69 Å². The Labute approximate surface area is 118 Å². The average Bonchev–Trinajstić information content (AvgIpc) is 2.85. The fourth-order valence-corrected chi connectivity index (χ4v) is 2.11. The Kier molecular flexibility index (Phi) is 4.57. The Bertz CT molecular complexity index is 618. The summed E-state index contributed by atoms with van der Waals surface area (Å²) in [7, 11) is 3.53. The van der Waals surface area contributed by atoms with Gasteiger partial charge in [0.15, 0.2) is 0 Å². The number of pyridine rings is 1. The van der Waals surface area contributed by atoms with E-state index in [1.54, 1.807) is 30.0 Å². The van der Waals surface area contributed by atoms with E-state index in [4.69, 9.17) is 4.74 Å². The van der Waals surface area contributed by atoms with E-state index >= 15 is 0 Å². The highest BCUT2D eigenvalue weighted by Gasteiger charge is 2.09. The van der Waals surface area contributed by atoms with E-state index < -0.39 is 0 Å². The van der Waals surface area contributed by atoms with Gasteiger partial charge < -0.3 is 14.6 Å². The Hall–Kier alpha value is -2.08. The van der Waals surface area contributed by atoms with Crippen molar-refractivity contribution in [3.63, 3.8) is 0 Å². The number of nitrogens with one attached hydrogen (secondary N) is 1. The molecule has 0 saturated heterocycles. The highest BCUT2D eigenvalue weighted by molar-refractivity contribution is 5.42. The number of rotatable bonds is 6. The molecule has 1 atom stereocenters. The lowest BCUT2D eigenvalue weighted by atomic mass is 10.2. The van der Waals surface area contributed by atoms with E-state index in [0.717, 1.165) is 11.4 Å². The van der Waals surface area contributed by atoms with Crippen molar-refractivity contribution in [1.82, 2.24) is 14.3 Å². The summed E-state index contributed by atoms with van der Waals surface area (Å²) in [6, 6.07) is 5.43. The van der Waals surface area contributed by atoms with Gasteiger partial charge in [-0.15, -0.1) is 0 Å². The number of aryl methyl sites for hydroxylation is 1. The van der Waals surface area contributed by atoms with Gasteiger partial charge in [0.1, 0.15) is 0 Å². The summed E-state index contributed by atoms with van der Waals surface area (Å²) in [6.07, 6.45) is 3.58. The van der Waals surface area contributed by atoms with Gasteiger partial charge in [-0.25, -0.2) is 0 Å². The molecule has 0 radical (unpaired) electrons. The van der Waals surface area contributed by atoms with Gasteiger partial charge in [-0.05, 0) is 19.1 Å². The Balaban J connectivity index is 2.13. The van der Waals surface area contributed by atoms with Crippen LogP contribution in [0.15, 0.2) is 35.4 Å². The normalized spacial score (nSPS) is 12.3. The zero-order chi connectivity index (χ0) is 14.5. The molecule has 1 N–H and O–H groups in total. The zero-order valence-electron chi connectivity index (χ0n) is 12.0. The topological polar surface area (TPSA) is 61.1 Å². The largest absolute Gasteiger partial charge is 0.383 e. The van der Waals surface area contributed by atoms with E-state index in [9.17, 15) is 4.79 Å². The van der Waals surface area contributed by atoms with Crippen molar-refractivity contribution in [2.24, 2.45) is 7.05 Å². The predicted octanol–water partition coefficient (Wildman–Crippen LogP) is 1.40. The lowest BCUT2D eigenvalue weighted by molar-refractivity contribution is 0.186. The van der Waals surface area contributed by atoms with Crippen LogP contribution in [0, 0.1) is 0 Å². The smallest absolute Gasteiger partial charge is 0.250 e. The average molecular weight is 276 g/mol. The highest BCUT2D eigenvalue weighted by Crippen LogP contribution is 2.17. The van der Waals surface area contributed by atoms with Crippen LogP contribution in [0.3, 0.4) is 0 Å². The first-order valence-electron chi connectivity index (χ1n) is 6.55. The summed E-state index contributed by atoms with van der Waals surface area (Å²) in [5.74, 6) is 0. The number of hydrogen-bond acceptors (Lipinski definition) is 4. The number of nitrogens with zero attached hydrogens (tertiary/aromatic N) is 3. The van der Waals surface area contributed by atoms with Crippen molar-refractivity contribution in [3.8, 4) is 0 Å². The standard InChI is InChI=1S/C14H20N4O2/c1-11(13-6-7-15-17(13)2)16-12-4-5-14(19)18(10-12)8-9-20-3/h4-7,10-11,16H,8-9H2,1-3H3. The molecule has 6 nitrogen and oxygen atoms in total. The molecule has 2 rings (SSSR count). The van der Waals surface area contributed by atoms with Crippen molar-refractivity contribution < 1.29 is 4.74 Å². The van der Waals surface area contributed by atoms with E-state index in [1.807, 2.05) is 24.0 Å². The van der Waals surface area contributed by atoms with Gasteiger partial charge >= 0.3 is 0 Å². The third-order valence-electron chi connectivity index (χ3n) is 3.21. The molecule has 2 aromatic heterocycles. The maximum absolute atomic E-state index is 11.7. The van der Waals surface area contributed by atoms with Crippen LogP contribution in [-0.2, 0) is 18.3 Å². The number of aromatic nitrogens is 3. The first-order chi connectivity index (χ1) is 9.61. The number of methoxy groups -OCH3 is 1. The van der Waals surface area contributed by atoms with Crippen LogP contribution >= 0.6 is 0 Å². The second kappa shape index (κ2) is 6.38. The van der Waals surface area contributed by atoms with Gasteiger partial charge in [0, 0.05) is 39.2 Å². The first kappa shape index (κ1) is 14.3. The molecule has 0 bridgehead atoms. The van der Waals surface area contributed by atoms with Crippen molar-refractivity contribution in [2.75, 3.05) is 19.0 Å². The van der Waals surface area contributed by atoms with Crippen molar-refractivity contribution in [1.29, 1.82) is 0 Å². The molecule has 108 valence electrons. The van der Waals surface area contributed by atoms with Gasteiger partial charge in [-0.3, -0.25) is 9.48 Å². The summed E-state index contributed by atoms with van der Waals surface area (Å²) < 4.78 is 8.48. The third-order valence-corrected chi connectivity index (χ3v) is 3.21. The molecule has 2 heterocycles. The molecular weight excluding hydrogens is 256 g/mol. The van der Waals surface area contributed by atoms with Crippen LogP contribution in [0.25, 0.3) is 0 Å². The van der Waals surface area contributed by atoms with Crippen LogP contribution in [0.5, 0.6) is 0 Å². The van der Waals surface area contributed by atoms with Crippen LogP contribution in [0.2, 0.25) is 0 Å². The number of hydrogen-bond donors (Lipinski definition) is 1. The highest BCUT2D eigenvalue weighted by atomic mass is 16.5. The first-order valence-corrected chi connectivity index (χ1v) is 6.55. The van der Waals surface area contributed by atoms with Crippen LogP contribution < -0.4 is 10.9 Å². The summed E-state index contributed by atoms with van der Waals surface area (Å²) in [5, 5.41) is 7.52. The minimum Gasteiger partial charge on any atom is -0.383 e. The molecule has 20 heavy (non-hydrogen) atoms. The van der Waals surface area contributed by atoms with Crippen molar-refractivity contribution in [2.45, 2.75) is 19.5 Å². The molecule has 0 fully saturated rings. The van der Waals surface area contributed by atoms with Crippen LogP contribution in [-0.4, -0.2) is 28.1 Å². The fraction of sp³-hybridized carbons (Fsp3) is 0.429. The molecule has 0 spiro atoms. The molecule has 2 aromatic rings. The van der Waals surface area contributed by atoms with E-state index in [0.29, 0.717) is 13.2 Å². The zero-order valence-corrected chi connectivity index (χ0v) is 12.0. The Morgan fingerprint density at radius 3 is 2.85 bits per heavy atom. The Morgan fingerprint density at radius 2 is 2.20 bits per heavy atom. The summed E-state index contributed by atoms with van der Waals surface area (Å²) >= 11 is 0. The van der Waals surface area contributed by atoms with Gasteiger partial charge in [-0.2, -0.15) is 5.10 Å². The second-order valence-electron chi connectivity index (χ2n) is 4.69. The lowest BCUT2D eigenvalue weighted by Crippen LogP contribution is -2.22. The molecule has 1 unspecified atom stereocenters. The van der Waals surface area contributed by atoms with Crippen LogP contribution in [0.1, 0.15) is 18.7 Å². The molecular formula is C14H20N4O2. The van der Waals surface area contributed by atoms with Crippen molar-refractivity contribution in [3.05, 3.63) is 46.6 Å². The molecule has 0 amide bonds. The molecule has 0 aromatic carbocycles. The maximum Gasteiger partial charge on any atom is 0.250 e. The predicted molar refractivity (Wildman–Crippen MR) is 77.8 cm³/mol. The minimum atomic E-state index is -0.0270. The molecule has 0 aliphatic carbocycles. The van der Waals surface area contributed by atoms with Crippen LogP contribution in [0.4, 0.5) is 5.69 Å². The van der Waals surface area contributed by atoms with Gasteiger partial charge in [-0.1, -0.05) is 0 Å². The summed E-state index contributed by atoms with van der Waals surface area (Å²) in [6.45, 7) is 3.12. The second-order valence-corrected chi connectivity index (χ2v) is 4.69. The molecule has 0 aliphatic rings. The molecule has 6 heteroatoms. The monoisotopic (exact) mass is 276 g/mol.